The van der Waals surface area contributed by atoms with Crippen molar-refractivity contribution in [2.75, 3.05) is 19.9 Å². The van der Waals surface area contributed by atoms with Crippen molar-refractivity contribution < 1.29 is 9.13 Å². The molecule has 1 unspecified atom stereocenters. The number of thioether (sulfide) groups is 1. The van der Waals surface area contributed by atoms with Crippen LogP contribution in [-0.4, -0.2) is 29.7 Å². The van der Waals surface area contributed by atoms with Crippen molar-refractivity contribution in [2.24, 2.45) is 7.05 Å². The standard InChI is InChI=1S/C14H18FN3OS/c1-16-12(14-13(19-3)8-17-18(14)2)9-20-11-6-4-10(15)5-7-11/h4-8,12,16H,9H2,1-3H3. The van der Waals surface area contributed by atoms with Gasteiger partial charge in [0.2, 0.25) is 0 Å². The Morgan fingerprint density at radius 1 is 1.40 bits per heavy atom. The van der Waals surface area contributed by atoms with Gasteiger partial charge in [0.25, 0.3) is 0 Å². The topological polar surface area (TPSA) is 39.1 Å². The molecular weight excluding hydrogens is 277 g/mol. The summed E-state index contributed by atoms with van der Waals surface area (Å²) in [4.78, 5) is 1.03. The van der Waals surface area contributed by atoms with Crippen LogP contribution in [0.3, 0.4) is 0 Å². The normalized spacial score (nSPS) is 12.4. The van der Waals surface area contributed by atoms with Crippen LogP contribution in [0, 0.1) is 5.82 Å². The van der Waals surface area contributed by atoms with E-state index in [0.29, 0.717) is 0 Å². The van der Waals surface area contributed by atoms with Crippen LogP contribution in [-0.2, 0) is 7.05 Å². The van der Waals surface area contributed by atoms with E-state index in [-0.39, 0.29) is 11.9 Å². The second-order valence-corrected chi connectivity index (χ2v) is 5.42. The largest absolute Gasteiger partial charge is 0.493 e. The highest BCUT2D eigenvalue weighted by molar-refractivity contribution is 7.99. The molecule has 0 fully saturated rings. The van der Waals surface area contributed by atoms with Gasteiger partial charge in [-0.2, -0.15) is 5.10 Å². The minimum Gasteiger partial charge on any atom is -0.493 e. The summed E-state index contributed by atoms with van der Waals surface area (Å²) in [7, 11) is 5.44. The minimum atomic E-state index is -0.215. The fourth-order valence-corrected chi connectivity index (χ4v) is 3.00. The van der Waals surface area contributed by atoms with Gasteiger partial charge >= 0.3 is 0 Å². The third-order valence-corrected chi connectivity index (χ3v) is 4.18. The molecule has 1 atom stereocenters. The predicted molar refractivity (Wildman–Crippen MR) is 78.7 cm³/mol. The van der Waals surface area contributed by atoms with Crippen LogP contribution in [0.1, 0.15) is 11.7 Å². The first kappa shape index (κ1) is 14.9. The van der Waals surface area contributed by atoms with Crippen LogP contribution in [0.2, 0.25) is 0 Å². The quantitative estimate of drug-likeness (QED) is 0.832. The molecule has 0 radical (unpaired) electrons. The van der Waals surface area contributed by atoms with E-state index in [1.807, 2.05) is 18.8 Å². The number of aromatic nitrogens is 2. The number of methoxy groups -OCH3 is 1. The Kier molecular flexibility index (Phi) is 5.03. The predicted octanol–water partition coefficient (Wildman–Crippen LogP) is 2.62. The number of hydrogen-bond acceptors (Lipinski definition) is 4. The average Bonchev–Trinajstić information content (AvgIpc) is 2.83. The Morgan fingerprint density at radius 2 is 2.10 bits per heavy atom. The highest BCUT2D eigenvalue weighted by Crippen LogP contribution is 2.29. The molecule has 6 heteroatoms. The molecule has 1 heterocycles. The van der Waals surface area contributed by atoms with Gasteiger partial charge in [0.1, 0.15) is 5.82 Å². The van der Waals surface area contributed by atoms with Crippen molar-refractivity contribution in [1.82, 2.24) is 15.1 Å². The van der Waals surface area contributed by atoms with Crippen molar-refractivity contribution in [1.29, 1.82) is 0 Å². The summed E-state index contributed by atoms with van der Waals surface area (Å²) in [6.45, 7) is 0. The van der Waals surface area contributed by atoms with E-state index in [2.05, 4.69) is 10.4 Å². The van der Waals surface area contributed by atoms with Crippen LogP contribution in [0.25, 0.3) is 0 Å². The van der Waals surface area contributed by atoms with E-state index in [0.717, 1.165) is 22.1 Å². The van der Waals surface area contributed by atoms with Crippen LogP contribution in [0.15, 0.2) is 35.4 Å². The molecule has 0 aliphatic carbocycles. The van der Waals surface area contributed by atoms with Crippen LogP contribution >= 0.6 is 11.8 Å². The Balaban J connectivity index is 2.09. The van der Waals surface area contributed by atoms with E-state index in [1.165, 1.54) is 12.1 Å². The van der Waals surface area contributed by atoms with Crippen LogP contribution in [0.5, 0.6) is 5.75 Å². The Morgan fingerprint density at radius 3 is 2.70 bits per heavy atom. The third kappa shape index (κ3) is 3.32. The molecule has 108 valence electrons. The van der Waals surface area contributed by atoms with Gasteiger partial charge in [0.05, 0.1) is 25.0 Å². The van der Waals surface area contributed by atoms with Crippen molar-refractivity contribution in [3.8, 4) is 5.75 Å². The molecule has 0 aliphatic heterocycles. The lowest BCUT2D eigenvalue weighted by Crippen LogP contribution is -2.22. The zero-order chi connectivity index (χ0) is 14.5. The molecular formula is C14H18FN3OS. The monoisotopic (exact) mass is 295 g/mol. The van der Waals surface area contributed by atoms with Gasteiger partial charge in [-0.15, -0.1) is 11.8 Å². The molecule has 0 amide bonds. The van der Waals surface area contributed by atoms with Gasteiger partial charge < -0.3 is 10.1 Å². The lowest BCUT2D eigenvalue weighted by atomic mass is 10.2. The van der Waals surface area contributed by atoms with Gasteiger partial charge in [-0.05, 0) is 31.3 Å². The first-order valence-electron chi connectivity index (χ1n) is 6.27. The van der Waals surface area contributed by atoms with Crippen molar-refractivity contribution in [3.05, 3.63) is 42.0 Å². The number of benzene rings is 1. The Bertz CT molecular complexity index is 556. The zero-order valence-corrected chi connectivity index (χ0v) is 12.6. The molecule has 1 aromatic heterocycles. The smallest absolute Gasteiger partial charge is 0.161 e. The van der Waals surface area contributed by atoms with E-state index >= 15 is 0 Å². The number of halogens is 1. The number of nitrogens with one attached hydrogen (secondary N) is 1. The van der Waals surface area contributed by atoms with Gasteiger partial charge in [-0.1, -0.05) is 0 Å². The van der Waals surface area contributed by atoms with Gasteiger partial charge in [-0.3, -0.25) is 4.68 Å². The second kappa shape index (κ2) is 6.76. The summed E-state index contributed by atoms with van der Waals surface area (Å²) < 4.78 is 20.0. The zero-order valence-electron chi connectivity index (χ0n) is 11.8. The highest BCUT2D eigenvalue weighted by atomic mass is 32.2. The maximum absolute atomic E-state index is 12.9. The van der Waals surface area contributed by atoms with E-state index < -0.39 is 0 Å². The summed E-state index contributed by atoms with van der Waals surface area (Å²) >= 11 is 1.66. The summed E-state index contributed by atoms with van der Waals surface area (Å²) in [5.74, 6) is 1.36. The van der Waals surface area contributed by atoms with Crippen molar-refractivity contribution >= 4 is 11.8 Å². The van der Waals surface area contributed by atoms with E-state index in [9.17, 15) is 4.39 Å². The molecule has 2 rings (SSSR count). The number of hydrogen-bond donors (Lipinski definition) is 1. The average molecular weight is 295 g/mol. The lowest BCUT2D eigenvalue weighted by molar-refractivity contribution is 0.401. The van der Waals surface area contributed by atoms with Crippen LogP contribution in [0.4, 0.5) is 4.39 Å². The maximum atomic E-state index is 12.9. The summed E-state index contributed by atoms with van der Waals surface area (Å²) in [5, 5.41) is 7.48. The summed E-state index contributed by atoms with van der Waals surface area (Å²) in [6, 6.07) is 6.62. The SMILES string of the molecule is CNC(CSc1ccc(F)cc1)c1c(OC)cnn1C. The van der Waals surface area contributed by atoms with Gasteiger partial charge in [0, 0.05) is 17.7 Å². The molecule has 0 spiro atoms. The molecule has 2 aromatic rings. The molecule has 0 saturated carbocycles. The number of rotatable bonds is 6. The highest BCUT2D eigenvalue weighted by Gasteiger charge is 2.19. The molecule has 0 saturated heterocycles. The molecule has 4 nitrogen and oxygen atoms in total. The summed E-state index contributed by atoms with van der Waals surface area (Å²) in [6.07, 6.45) is 1.71. The van der Waals surface area contributed by atoms with Crippen molar-refractivity contribution in [2.45, 2.75) is 10.9 Å². The van der Waals surface area contributed by atoms with Gasteiger partial charge in [-0.25, -0.2) is 4.39 Å². The molecule has 1 N–H and O–H groups in total. The minimum absolute atomic E-state index is 0.104. The van der Waals surface area contributed by atoms with E-state index in [4.69, 9.17) is 4.74 Å². The maximum Gasteiger partial charge on any atom is 0.161 e. The number of nitrogens with zero attached hydrogens (tertiary/aromatic N) is 2. The Hall–Kier alpha value is -1.53. The second-order valence-electron chi connectivity index (χ2n) is 4.33. The molecule has 20 heavy (non-hydrogen) atoms. The molecule has 1 aromatic carbocycles. The lowest BCUT2D eigenvalue weighted by Gasteiger charge is -2.17. The molecule has 0 bridgehead atoms. The Labute approximate surface area is 122 Å². The first-order chi connectivity index (χ1) is 9.65. The van der Waals surface area contributed by atoms with E-state index in [1.54, 1.807) is 37.2 Å². The fraction of sp³-hybridized carbons (Fsp3) is 0.357. The first-order valence-corrected chi connectivity index (χ1v) is 7.25. The van der Waals surface area contributed by atoms with Crippen LogP contribution < -0.4 is 10.1 Å². The third-order valence-electron chi connectivity index (χ3n) is 3.08. The van der Waals surface area contributed by atoms with Gasteiger partial charge in [0.15, 0.2) is 5.75 Å². The molecule has 0 aliphatic rings. The summed E-state index contributed by atoms with van der Waals surface area (Å²) in [5.41, 5.74) is 1.00. The number of aryl methyl sites for hydroxylation is 1. The fourth-order valence-electron chi connectivity index (χ4n) is 1.99. The van der Waals surface area contributed by atoms with Crippen molar-refractivity contribution in [3.63, 3.8) is 0 Å². The number of ether oxygens (including phenoxy) is 1.